The highest BCUT2D eigenvalue weighted by Gasteiger charge is 2.17. The number of rotatable bonds is 11. The summed E-state index contributed by atoms with van der Waals surface area (Å²) in [5.41, 5.74) is 13.1. The molecule has 4 heteroatoms. The zero-order valence-electron chi connectivity index (χ0n) is 33.1. The molecule has 0 unspecified atom stereocenters. The monoisotopic (exact) mass is 774 g/mol. The number of hydrogen-bond acceptors (Lipinski definition) is 4. The first-order valence-corrected chi connectivity index (χ1v) is 20.5. The van der Waals surface area contributed by atoms with Crippen molar-refractivity contribution in [3.05, 3.63) is 236 Å². The molecule has 1 aliphatic rings. The second kappa shape index (κ2) is 16.6. The first-order chi connectivity index (χ1) is 29.7. The van der Waals surface area contributed by atoms with Gasteiger partial charge in [0.15, 0.2) is 0 Å². The van der Waals surface area contributed by atoms with Gasteiger partial charge in [-0.2, -0.15) is 0 Å². The molecule has 288 valence electrons. The van der Waals surface area contributed by atoms with E-state index in [4.69, 9.17) is 8.83 Å². The van der Waals surface area contributed by atoms with E-state index in [1.807, 2.05) is 30.3 Å². The molecule has 0 amide bonds. The maximum Gasteiger partial charge on any atom is 0.134 e. The summed E-state index contributed by atoms with van der Waals surface area (Å²) in [6.07, 6.45) is 8.74. The molecule has 2 heterocycles. The van der Waals surface area contributed by atoms with Crippen molar-refractivity contribution in [1.29, 1.82) is 0 Å². The number of furan rings is 2. The van der Waals surface area contributed by atoms with Crippen LogP contribution < -0.4 is 9.80 Å². The summed E-state index contributed by atoms with van der Waals surface area (Å²) in [5.74, 6) is 3.48. The molecule has 0 atom stereocenters. The molecule has 4 nitrogen and oxygen atoms in total. The summed E-state index contributed by atoms with van der Waals surface area (Å²) in [6, 6.07) is 74.3. The molecule has 0 saturated carbocycles. The van der Waals surface area contributed by atoms with Crippen molar-refractivity contribution < 1.29 is 8.83 Å². The van der Waals surface area contributed by atoms with Crippen LogP contribution in [-0.2, 0) is 0 Å². The van der Waals surface area contributed by atoms with Gasteiger partial charge >= 0.3 is 0 Å². The SMILES string of the molecule is C1=CC(c2ccc(-c3ccc(N(c4ccccc4)c4ccc(-c5ccc(N(c6ccccc6)c6ccc(-c7ccc(-c8ccccc8)o7)cc6)cc5)cc4)cc3)o2)=CCC1. The number of nitrogens with zero attached hydrogens (tertiary/aromatic N) is 2. The van der Waals surface area contributed by atoms with Crippen LogP contribution in [0.15, 0.2) is 239 Å². The lowest BCUT2D eigenvalue weighted by Gasteiger charge is -2.26. The number of benzene rings is 7. The Morgan fingerprint density at radius 2 is 0.617 bits per heavy atom. The van der Waals surface area contributed by atoms with Gasteiger partial charge in [0.05, 0.1) is 0 Å². The highest BCUT2D eigenvalue weighted by Crippen LogP contribution is 2.40. The normalized spacial score (nSPS) is 12.2. The van der Waals surface area contributed by atoms with Crippen molar-refractivity contribution in [2.75, 3.05) is 9.80 Å². The maximum atomic E-state index is 6.29. The summed E-state index contributed by atoms with van der Waals surface area (Å²) in [7, 11) is 0. The van der Waals surface area contributed by atoms with Gasteiger partial charge in [-0.05, 0) is 145 Å². The Labute approximate surface area is 351 Å². The van der Waals surface area contributed by atoms with E-state index in [0.29, 0.717) is 0 Å². The van der Waals surface area contributed by atoms with Crippen molar-refractivity contribution in [2.45, 2.75) is 12.8 Å². The van der Waals surface area contributed by atoms with Crippen molar-refractivity contribution >= 4 is 39.7 Å². The molecule has 0 saturated heterocycles. The highest BCUT2D eigenvalue weighted by atomic mass is 16.3. The van der Waals surface area contributed by atoms with Gasteiger partial charge in [0.2, 0.25) is 0 Å². The predicted molar refractivity (Wildman–Crippen MR) is 248 cm³/mol. The standard InChI is InChI=1S/C56H42N2O2/c1-5-13-43(14-6-1)53-37-39-55(59-53)45-25-33-51(34-26-45)57(47-17-9-3-10-18-47)49-29-21-41(22-30-49)42-23-31-50(32-24-42)58(48-19-11-4-12-20-48)52-35-27-46(28-36-52)56-40-38-54(60-56)44-15-7-2-8-16-44/h1,3-7,9-40H,2,8H2. The first kappa shape index (κ1) is 36.5. The Hall–Kier alpha value is -7.82. The predicted octanol–water partition coefficient (Wildman–Crippen LogP) is 16.2. The van der Waals surface area contributed by atoms with Crippen molar-refractivity contribution in [3.8, 4) is 45.1 Å². The van der Waals surface area contributed by atoms with Crippen LogP contribution in [0.25, 0.3) is 50.7 Å². The molecule has 0 N–H and O–H groups in total. The topological polar surface area (TPSA) is 32.8 Å². The summed E-state index contributed by atoms with van der Waals surface area (Å²) in [5, 5.41) is 0. The molecule has 0 aliphatic heterocycles. The summed E-state index contributed by atoms with van der Waals surface area (Å²) in [4.78, 5) is 4.58. The molecule has 2 aromatic heterocycles. The van der Waals surface area contributed by atoms with Gasteiger partial charge in [0.1, 0.15) is 23.0 Å². The maximum absolute atomic E-state index is 6.29. The third-order valence-electron chi connectivity index (χ3n) is 11.0. The third-order valence-corrected chi connectivity index (χ3v) is 11.0. The van der Waals surface area contributed by atoms with Crippen molar-refractivity contribution in [3.63, 3.8) is 0 Å². The van der Waals surface area contributed by atoms with E-state index in [9.17, 15) is 0 Å². The van der Waals surface area contributed by atoms with Crippen LogP contribution in [0.2, 0.25) is 0 Å². The van der Waals surface area contributed by atoms with Crippen molar-refractivity contribution in [1.82, 2.24) is 0 Å². The number of para-hydroxylation sites is 2. The van der Waals surface area contributed by atoms with Gasteiger partial charge in [0.25, 0.3) is 0 Å². The zero-order chi connectivity index (χ0) is 40.1. The van der Waals surface area contributed by atoms with E-state index in [0.717, 1.165) is 103 Å². The van der Waals surface area contributed by atoms with E-state index in [1.54, 1.807) is 0 Å². The molecule has 0 fully saturated rings. The van der Waals surface area contributed by atoms with Crippen LogP contribution in [0.4, 0.5) is 34.1 Å². The van der Waals surface area contributed by atoms with E-state index >= 15 is 0 Å². The Kier molecular flexibility index (Phi) is 10.1. The average molecular weight is 775 g/mol. The number of anilines is 6. The molecule has 0 radical (unpaired) electrons. The molecule has 10 rings (SSSR count). The first-order valence-electron chi connectivity index (χ1n) is 20.5. The summed E-state index contributed by atoms with van der Waals surface area (Å²) < 4.78 is 12.6. The van der Waals surface area contributed by atoms with Gasteiger partial charge in [-0.1, -0.05) is 109 Å². The van der Waals surface area contributed by atoms with Crippen LogP contribution in [0.5, 0.6) is 0 Å². The smallest absolute Gasteiger partial charge is 0.134 e. The third kappa shape index (κ3) is 7.62. The summed E-state index contributed by atoms with van der Waals surface area (Å²) in [6.45, 7) is 0. The Balaban J connectivity index is 0.896. The van der Waals surface area contributed by atoms with Crippen LogP contribution in [0.3, 0.4) is 0 Å². The van der Waals surface area contributed by atoms with Gasteiger partial charge in [0, 0.05) is 56.4 Å². The van der Waals surface area contributed by atoms with Gasteiger partial charge in [-0.25, -0.2) is 0 Å². The Morgan fingerprint density at radius 1 is 0.283 bits per heavy atom. The van der Waals surface area contributed by atoms with E-state index < -0.39 is 0 Å². The number of hydrogen-bond donors (Lipinski definition) is 0. The largest absolute Gasteiger partial charge is 0.456 e. The molecule has 9 aromatic rings. The second-order valence-corrected chi connectivity index (χ2v) is 14.9. The van der Waals surface area contributed by atoms with Crippen LogP contribution in [-0.4, -0.2) is 0 Å². The lowest BCUT2D eigenvalue weighted by Crippen LogP contribution is -2.10. The minimum absolute atomic E-state index is 0.844. The summed E-state index contributed by atoms with van der Waals surface area (Å²) >= 11 is 0. The molecular formula is C56H42N2O2. The Morgan fingerprint density at radius 3 is 1.02 bits per heavy atom. The fraction of sp³-hybridized carbons (Fsp3) is 0.0357. The molecule has 0 spiro atoms. The van der Waals surface area contributed by atoms with Gasteiger partial charge < -0.3 is 18.6 Å². The van der Waals surface area contributed by atoms with Crippen LogP contribution >= 0.6 is 0 Å². The second-order valence-electron chi connectivity index (χ2n) is 14.9. The van der Waals surface area contributed by atoms with E-state index in [-0.39, 0.29) is 0 Å². The van der Waals surface area contributed by atoms with Gasteiger partial charge in [-0.15, -0.1) is 0 Å². The van der Waals surface area contributed by atoms with Crippen LogP contribution in [0.1, 0.15) is 18.6 Å². The van der Waals surface area contributed by atoms with E-state index in [2.05, 4.69) is 210 Å². The lowest BCUT2D eigenvalue weighted by atomic mass is 10.0. The molecular weight excluding hydrogens is 733 g/mol. The molecule has 60 heavy (non-hydrogen) atoms. The van der Waals surface area contributed by atoms with E-state index in [1.165, 1.54) is 0 Å². The number of allylic oxidation sites excluding steroid dienone is 4. The highest BCUT2D eigenvalue weighted by molar-refractivity contribution is 5.82. The minimum atomic E-state index is 0.844. The fourth-order valence-electron chi connectivity index (χ4n) is 7.90. The quantitative estimate of drug-likeness (QED) is 0.131. The zero-order valence-corrected chi connectivity index (χ0v) is 33.1. The molecule has 0 bridgehead atoms. The fourth-order valence-corrected chi connectivity index (χ4v) is 7.90. The minimum Gasteiger partial charge on any atom is -0.456 e. The Bertz CT molecular complexity index is 2870. The van der Waals surface area contributed by atoms with Crippen molar-refractivity contribution in [2.24, 2.45) is 0 Å². The van der Waals surface area contributed by atoms with Crippen LogP contribution in [0, 0.1) is 0 Å². The van der Waals surface area contributed by atoms with Gasteiger partial charge in [-0.3, -0.25) is 0 Å². The lowest BCUT2D eigenvalue weighted by molar-refractivity contribution is 0.568. The average Bonchev–Trinajstić information content (AvgIpc) is 4.04. The molecule has 1 aliphatic carbocycles. The molecule has 7 aromatic carbocycles.